The quantitative estimate of drug-likeness (QED) is 0.577. The van der Waals surface area contributed by atoms with Crippen LogP contribution in [0.2, 0.25) is 5.04 Å². The molecule has 2 aromatic carbocycles. The molecule has 0 saturated heterocycles. The molecule has 0 heterocycles. The van der Waals surface area contributed by atoms with Gasteiger partial charge in [-0.1, -0.05) is 100 Å². The summed E-state index contributed by atoms with van der Waals surface area (Å²) in [6, 6.07) is 21.4. The third-order valence-electron chi connectivity index (χ3n) is 6.68. The predicted molar refractivity (Wildman–Crippen MR) is 119 cm³/mol. The summed E-state index contributed by atoms with van der Waals surface area (Å²) in [7, 11) is -2.56. The first-order chi connectivity index (χ1) is 13.8. The lowest BCUT2D eigenvalue weighted by Crippen LogP contribution is -2.67. The minimum Gasteiger partial charge on any atom is -0.481 e. The number of rotatable bonds is 6. The van der Waals surface area contributed by atoms with Crippen molar-refractivity contribution < 1.29 is 14.3 Å². The van der Waals surface area contributed by atoms with Crippen molar-refractivity contribution in [3.8, 4) is 0 Å². The molecule has 1 N–H and O–H groups in total. The van der Waals surface area contributed by atoms with Gasteiger partial charge in [0.25, 0.3) is 8.32 Å². The highest BCUT2D eigenvalue weighted by Crippen LogP contribution is 2.58. The summed E-state index contributed by atoms with van der Waals surface area (Å²) in [5, 5.41) is 11.9. The Balaban J connectivity index is 1.72. The zero-order valence-corrected chi connectivity index (χ0v) is 18.6. The summed E-state index contributed by atoms with van der Waals surface area (Å²) >= 11 is 0. The first kappa shape index (κ1) is 20.1. The smallest absolute Gasteiger partial charge is 0.306 e. The molecule has 2 aromatic rings. The average molecular weight is 407 g/mol. The standard InChI is InChI=1S/C25H30O3Si/c1-17(24(26)27)23-21-15-18(16-22(21)23)28-29(25(2,3)4,19-11-7-5-8-12-19)20-13-9-6-10-14-20/h5-15,17-18,22-23H,16H2,1-4H3,(H,26,27)/t17?,18?,22?,23-/m0/s1. The van der Waals surface area contributed by atoms with Crippen LogP contribution in [0.5, 0.6) is 0 Å². The fraction of sp³-hybridized carbons (Fsp3) is 0.400. The Labute approximate surface area is 174 Å². The van der Waals surface area contributed by atoms with Crippen LogP contribution in [0.15, 0.2) is 72.3 Å². The topological polar surface area (TPSA) is 46.5 Å². The monoisotopic (exact) mass is 406 g/mol. The first-order valence-corrected chi connectivity index (χ1v) is 12.4. The van der Waals surface area contributed by atoms with E-state index in [-0.39, 0.29) is 23.0 Å². The second kappa shape index (κ2) is 7.26. The van der Waals surface area contributed by atoms with E-state index in [0.29, 0.717) is 5.92 Å². The minimum atomic E-state index is -2.56. The number of carboxylic acid groups (broad SMARTS) is 1. The molecule has 3 nitrogen and oxygen atoms in total. The van der Waals surface area contributed by atoms with Crippen molar-refractivity contribution in [2.24, 2.45) is 17.8 Å². The van der Waals surface area contributed by atoms with Crippen LogP contribution in [-0.2, 0) is 9.22 Å². The second-order valence-corrected chi connectivity index (χ2v) is 13.7. The van der Waals surface area contributed by atoms with Gasteiger partial charge in [0.05, 0.1) is 12.0 Å². The number of benzene rings is 2. The summed E-state index contributed by atoms with van der Waals surface area (Å²) in [5.41, 5.74) is 1.29. The maximum absolute atomic E-state index is 11.4. The molecular weight excluding hydrogens is 376 g/mol. The van der Waals surface area contributed by atoms with Crippen LogP contribution in [0.25, 0.3) is 0 Å². The van der Waals surface area contributed by atoms with Gasteiger partial charge in [-0.05, 0) is 33.7 Å². The van der Waals surface area contributed by atoms with E-state index in [9.17, 15) is 9.90 Å². The van der Waals surface area contributed by atoms with Crippen molar-refractivity contribution in [2.75, 3.05) is 0 Å². The Morgan fingerprint density at radius 2 is 1.55 bits per heavy atom. The second-order valence-electron chi connectivity index (χ2n) is 9.48. The number of carbonyl (C=O) groups is 1. The van der Waals surface area contributed by atoms with E-state index >= 15 is 0 Å². The van der Waals surface area contributed by atoms with Crippen molar-refractivity contribution in [1.29, 1.82) is 0 Å². The molecule has 4 heteroatoms. The molecule has 4 atom stereocenters. The summed E-state index contributed by atoms with van der Waals surface area (Å²) < 4.78 is 7.14. The zero-order valence-electron chi connectivity index (χ0n) is 17.6. The lowest BCUT2D eigenvalue weighted by Gasteiger charge is -2.44. The Hall–Kier alpha value is -2.17. The van der Waals surface area contributed by atoms with E-state index in [2.05, 4.69) is 87.5 Å². The van der Waals surface area contributed by atoms with Crippen LogP contribution in [0.4, 0.5) is 0 Å². The number of fused-ring (bicyclic) bond motifs is 1. The maximum Gasteiger partial charge on any atom is 0.306 e. The van der Waals surface area contributed by atoms with Crippen LogP contribution in [0.1, 0.15) is 34.1 Å². The summed E-state index contributed by atoms with van der Waals surface area (Å²) in [4.78, 5) is 11.4. The van der Waals surface area contributed by atoms with E-state index in [1.807, 2.05) is 6.92 Å². The van der Waals surface area contributed by atoms with Gasteiger partial charge in [-0.3, -0.25) is 4.79 Å². The Kier molecular flexibility index (Phi) is 5.04. The molecule has 0 spiro atoms. The van der Waals surface area contributed by atoms with Crippen LogP contribution in [0.3, 0.4) is 0 Å². The molecule has 0 aliphatic heterocycles. The highest BCUT2D eigenvalue weighted by Gasteiger charge is 2.57. The summed E-state index contributed by atoms with van der Waals surface area (Å²) in [6.07, 6.45) is 3.19. The Bertz CT molecular complexity index is 875. The fourth-order valence-electron chi connectivity index (χ4n) is 5.20. The van der Waals surface area contributed by atoms with Gasteiger partial charge >= 0.3 is 5.97 Å². The van der Waals surface area contributed by atoms with Crippen molar-refractivity contribution in [2.45, 2.75) is 45.3 Å². The third-order valence-corrected chi connectivity index (χ3v) is 11.7. The van der Waals surface area contributed by atoms with Gasteiger partial charge in [0.2, 0.25) is 0 Å². The molecule has 0 amide bonds. The zero-order chi connectivity index (χ0) is 20.8. The molecule has 0 radical (unpaired) electrons. The molecular formula is C25H30O3Si. The molecule has 4 rings (SSSR count). The SMILES string of the molecule is CC(C(=O)O)[C@H]1C2=CC(O[Si](c3ccccc3)(c3ccccc3)C(C)(C)C)CC21. The van der Waals surface area contributed by atoms with Gasteiger partial charge in [0, 0.05) is 0 Å². The van der Waals surface area contributed by atoms with Crippen molar-refractivity contribution >= 4 is 24.7 Å². The maximum atomic E-state index is 11.4. The van der Waals surface area contributed by atoms with E-state index in [4.69, 9.17) is 4.43 Å². The van der Waals surface area contributed by atoms with Crippen molar-refractivity contribution in [1.82, 2.24) is 0 Å². The van der Waals surface area contributed by atoms with Crippen LogP contribution in [0, 0.1) is 17.8 Å². The van der Waals surface area contributed by atoms with Crippen molar-refractivity contribution in [3.05, 3.63) is 72.3 Å². The highest BCUT2D eigenvalue weighted by atomic mass is 28.4. The lowest BCUT2D eigenvalue weighted by molar-refractivity contribution is -0.141. The van der Waals surface area contributed by atoms with E-state index in [1.54, 1.807) is 0 Å². The number of hydrogen-bond donors (Lipinski definition) is 1. The highest BCUT2D eigenvalue weighted by molar-refractivity contribution is 6.99. The lowest BCUT2D eigenvalue weighted by atomic mass is 10.0. The first-order valence-electron chi connectivity index (χ1n) is 10.5. The van der Waals surface area contributed by atoms with Crippen LogP contribution >= 0.6 is 0 Å². The van der Waals surface area contributed by atoms with E-state index in [0.717, 1.165) is 6.42 Å². The number of hydrogen-bond acceptors (Lipinski definition) is 2. The van der Waals surface area contributed by atoms with Crippen LogP contribution in [-0.4, -0.2) is 25.5 Å². The largest absolute Gasteiger partial charge is 0.481 e. The number of carboxylic acids is 1. The average Bonchev–Trinajstić information content (AvgIpc) is 3.20. The van der Waals surface area contributed by atoms with Gasteiger partial charge in [-0.15, -0.1) is 0 Å². The van der Waals surface area contributed by atoms with Gasteiger partial charge in [0.1, 0.15) is 0 Å². The number of aliphatic carboxylic acids is 1. The van der Waals surface area contributed by atoms with Gasteiger partial charge in [-0.25, -0.2) is 0 Å². The van der Waals surface area contributed by atoms with E-state index < -0.39 is 14.3 Å². The summed E-state index contributed by atoms with van der Waals surface area (Å²) in [5.74, 6) is -0.425. The van der Waals surface area contributed by atoms with Crippen molar-refractivity contribution in [3.63, 3.8) is 0 Å². The molecule has 1 saturated carbocycles. The Morgan fingerprint density at radius 1 is 1.03 bits per heavy atom. The van der Waals surface area contributed by atoms with Crippen LogP contribution < -0.4 is 10.4 Å². The molecule has 152 valence electrons. The molecule has 2 aliphatic rings. The predicted octanol–water partition coefficient (Wildman–Crippen LogP) is 4.23. The molecule has 2 aliphatic carbocycles. The Morgan fingerprint density at radius 3 is 1.93 bits per heavy atom. The number of allylic oxidation sites excluding steroid dienone is 1. The minimum absolute atomic E-state index is 0.0469. The van der Waals surface area contributed by atoms with E-state index in [1.165, 1.54) is 15.9 Å². The van der Waals surface area contributed by atoms with Gasteiger partial charge < -0.3 is 9.53 Å². The molecule has 0 aromatic heterocycles. The molecule has 3 unspecified atom stereocenters. The fourth-order valence-corrected chi connectivity index (χ4v) is 9.84. The summed E-state index contributed by atoms with van der Waals surface area (Å²) in [6.45, 7) is 8.69. The normalized spacial score (nSPS) is 24.6. The molecule has 0 bridgehead atoms. The third kappa shape index (κ3) is 3.38. The van der Waals surface area contributed by atoms with Gasteiger partial charge in [-0.2, -0.15) is 0 Å². The molecule has 1 fully saturated rings. The van der Waals surface area contributed by atoms with Gasteiger partial charge in [0.15, 0.2) is 0 Å². The molecule has 29 heavy (non-hydrogen) atoms.